The van der Waals surface area contributed by atoms with Crippen molar-refractivity contribution in [2.75, 3.05) is 6.54 Å². The van der Waals surface area contributed by atoms with Crippen LogP contribution in [0.2, 0.25) is 0 Å². The van der Waals surface area contributed by atoms with Crippen LogP contribution in [-0.2, 0) is 27.3 Å². The average molecular weight is 441 g/mol. The van der Waals surface area contributed by atoms with Gasteiger partial charge >= 0.3 is 0 Å². The number of aromatic nitrogens is 3. The van der Waals surface area contributed by atoms with E-state index in [1.54, 1.807) is 35.4 Å². The number of benzene rings is 1. The molecular weight excluding hydrogens is 412 g/mol. The summed E-state index contributed by atoms with van der Waals surface area (Å²) in [5, 5.41) is 23.5. The molecule has 1 aromatic carbocycles. The summed E-state index contributed by atoms with van der Waals surface area (Å²) >= 11 is 0. The minimum atomic E-state index is -0.705. The highest BCUT2D eigenvalue weighted by Gasteiger charge is 2.40. The predicted molar refractivity (Wildman–Crippen MR) is 114 cm³/mol. The molecule has 4 rings (SSSR count). The van der Waals surface area contributed by atoms with Crippen molar-refractivity contribution >= 4 is 17.7 Å². The van der Waals surface area contributed by atoms with Crippen LogP contribution in [-0.4, -0.2) is 61.4 Å². The Morgan fingerprint density at radius 3 is 2.62 bits per heavy atom. The second-order valence-electron chi connectivity index (χ2n) is 8.71. The summed E-state index contributed by atoms with van der Waals surface area (Å²) in [4.78, 5) is 41.1. The molecule has 2 bridgehead atoms. The molecule has 0 aliphatic carbocycles. The largest absolute Gasteiger partial charge is 0.508 e. The van der Waals surface area contributed by atoms with Crippen LogP contribution < -0.4 is 10.6 Å². The van der Waals surface area contributed by atoms with Gasteiger partial charge in [-0.1, -0.05) is 31.2 Å². The average Bonchev–Trinajstić information content (AvgIpc) is 3.44. The summed E-state index contributed by atoms with van der Waals surface area (Å²) in [7, 11) is 0. The summed E-state index contributed by atoms with van der Waals surface area (Å²) in [6.07, 6.45) is 3.23. The smallest absolute Gasteiger partial charge is 0.248 e. The van der Waals surface area contributed by atoms with Gasteiger partial charge in [-0.05, 0) is 36.5 Å². The first-order chi connectivity index (χ1) is 15.3. The third-order valence-corrected chi connectivity index (χ3v) is 6.06. The van der Waals surface area contributed by atoms with Crippen molar-refractivity contribution in [2.24, 2.45) is 5.92 Å². The standard InChI is InChI=1S/C22H28N6O4/c1-13(2)19-21(31)23-11-15-12-28(26-25-15)18(10-14-5-7-16(29)8-6-14)22(32)27-9-3-4-17(27)20(30)24-19/h5-8,12-13,17-19,29H,3-4,9-11H2,1-2H3,(H,23,31)(H,24,30)/t17-,18-,19-/m0/s1. The van der Waals surface area contributed by atoms with Crippen LogP contribution in [0.4, 0.5) is 0 Å². The van der Waals surface area contributed by atoms with Gasteiger partial charge in [0.15, 0.2) is 0 Å². The fourth-order valence-corrected chi connectivity index (χ4v) is 4.26. The van der Waals surface area contributed by atoms with Gasteiger partial charge in [0.1, 0.15) is 29.6 Å². The van der Waals surface area contributed by atoms with Crippen LogP contribution in [0.25, 0.3) is 0 Å². The molecule has 1 fully saturated rings. The van der Waals surface area contributed by atoms with Crippen LogP contribution in [0.5, 0.6) is 5.75 Å². The number of carbonyl (C=O) groups excluding carboxylic acids is 3. The second-order valence-corrected chi connectivity index (χ2v) is 8.71. The molecule has 0 radical (unpaired) electrons. The van der Waals surface area contributed by atoms with Gasteiger partial charge in [-0.2, -0.15) is 0 Å². The first-order valence-corrected chi connectivity index (χ1v) is 10.9. The van der Waals surface area contributed by atoms with Crippen LogP contribution in [0.15, 0.2) is 30.5 Å². The molecule has 1 aromatic heterocycles. The lowest BCUT2D eigenvalue weighted by Gasteiger charge is -2.30. The number of aromatic hydroxyl groups is 1. The quantitative estimate of drug-likeness (QED) is 0.638. The molecular formula is C22H28N6O4. The Morgan fingerprint density at radius 2 is 1.91 bits per heavy atom. The molecule has 10 nitrogen and oxygen atoms in total. The van der Waals surface area contributed by atoms with E-state index in [9.17, 15) is 19.5 Å². The zero-order valence-electron chi connectivity index (χ0n) is 18.2. The number of nitrogens with zero attached hydrogens (tertiary/aromatic N) is 4. The van der Waals surface area contributed by atoms with Crippen molar-refractivity contribution in [2.45, 2.75) is 57.8 Å². The number of carbonyl (C=O) groups is 3. The summed E-state index contributed by atoms with van der Waals surface area (Å²) in [6.45, 7) is 4.34. The summed E-state index contributed by atoms with van der Waals surface area (Å²) in [5.74, 6) is -0.798. The highest BCUT2D eigenvalue weighted by Crippen LogP contribution is 2.25. The molecule has 0 saturated carbocycles. The molecule has 2 aromatic rings. The number of fused-ring (bicyclic) bond motifs is 3. The first-order valence-electron chi connectivity index (χ1n) is 10.9. The monoisotopic (exact) mass is 440 g/mol. The van der Waals surface area contributed by atoms with Gasteiger partial charge in [0.05, 0.1) is 12.7 Å². The van der Waals surface area contributed by atoms with E-state index in [0.29, 0.717) is 31.5 Å². The normalized spacial score (nSPS) is 24.3. The van der Waals surface area contributed by atoms with Gasteiger partial charge in [-0.15, -0.1) is 5.10 Å². The summed E-state index contributed by atoms with van der Waals surface area (Å²) < 4.78 is 1.50. The van der Waals surface area contributed by atoms with E-state index in [1.807, 2.05) is 13.8 Å². The van der Waals surface area contributed by atoms with E-state index in [1.165, 1.54) is 4.68 Å². The van der Waals surface area contributed by atoms with Crippen molar-refractivity contribution in [1.29, 1.82) is 0 Å². The Hall–Kier alpha value is -3.43. The number of phenols is 1. The van der Waals surface area contributed by atoms with Gasteiger partial charge in [-0.25, -0.2) is 4.68 Å². The molecule has 0 spiro atoms. The van der Waals surface area contributed by atoms with E-state index < -0.39 is 18.1 Å². The lowest BCUT2D eigenvalue weighted by Crippen LogP contribution is -2.55. The minimum absolute atomic E-state index is 0.118. The zero-order chi connectivity index (χ0) is 22.8. The highest BCUT2D eigenvalue weighted by atomic mass is 16.3. The van der Waals surface area contributed by atoms with Crippen LogP contribution >= 0.6 is 0 Å². The first kappa shape index (κ1) is 21.8. The SMILES string of the molecule is CC(C)[C@@H]1NC(=O)[C@@H]2CCCN2C(=O)[C@H](Cc2ccc(O)cc2)n2cc(nn2)CNC1=O. The fourth-order valence-electron chi connectivity index (χ4n) is 4.26. The molecule has 2 aliphatic rings. The highest BCUT2D eigenvalue weighted by molar-refractivity contribution is 5.93. The molecule has 1 saturated heterocycles. The van der Waals surface area contributed by atoms with Crippen molar-refractivity contribution in [3.8, 4) is 5.75 Å². The van der Waals surface area contributed by atoms with Gasteiger partial charge in [0.25, 0.3) is 0 Å². The van der Waals surface area contributed by atoms with Crippen LogP contribution in [0.1, 0.15) is 44.0 Å². The molecule has 32 heavy (non-hydrogen) atoms. The van der Waals surface area contributed by atoms with Gasteiger partial charge in [0.2, 0.25) is 17.7 Å². The number of amides is 3. The maximum absolute atomic E-state index is 13.7. The third kappa shape index (κ3) is 4.44. The lowest BCUT2D eigenvalue weighted by molar-refractivity contribution is -0.142. The van der Waals surface area contributed by atoms with Crippen molar-refractivity contribution in [3.63, 3.8) is 0 Å². The van der Waals surface area contributed by atoms with Crippen LogP contribution in [0.3, 0.4) is 0 Å². The molecule has 0 unspecified atom stereocenters. The number of nitrogens with one attached hydrogen (secondary N) is 2. The number of phenolic OH excluding ortho intramolecular Hbond substituents is 1. The van der Waals surface area contributed by atoms with Crippen LogP contribution in [0, 0.1) is 5.92 Å². The van der Waals surface area contributed by atoms with Gasteiger partial charge < -0.3 is 20.6 Å². The van der Waals surface area contributed by atoms with E-state index in [4.69, 9.17) is 0 Å². The molecule has 170 valence electrons. The summed E-state index contributed by atoms with van der Waals surface area (Å²) in [5.41, 5.74) is 1.36. The number of hydrogen-bond acceptors (Lipinski definition) is 6. The third-order valence-electron chi connectivity index (χ3n) is 6.06. The topological polar surface area (TPSA) is 129 Å². The molecule has 3 heterocycles. The van der Waals surface area contributed by atoms with Crippen molar-refractivity contribution < 1.29 is 19.5 Å². The number of rotatable bonds is 3. The Labute approximate surface area is 186 Å². The van der Waals surface area contributed by atoms with E-state index in [-0.39, 0.29) is 35.9 Å². The maximum atomic E-state index is 13.7. The fraction of sp³-hybridized carbons (Fsp3) is 0.500. The molecule has 2 aliphatic heterocycles. The Bertz CT molecular complexity index is 1000. The molecule has 3 N–H and O–H groups in total. The van der Waals surface area contributed by atoms with E-state index in [2.05, 4.69) is 20.9 Å². The van der Waals surface area contributed by atoms with E-state index in [0.717, 1.165) is 5.56 Å². The second kappa shape index (κ2) is 8.97. The molecule has 10 heteroatoms. The maximum Gasteiger partial charge on any atom is 0.248 e. The zero-order valence-corrected chi connectivity index (χ0v) is 18.2. The Morgan fingerprint density at radius 1 is 1.16 bits per heavy atom. The summed E-state index contributed by atoms with van der Waals surface area (Å²) in [6, 6.07) is 4.60. The van der Waals surface area contributed by atoms with Gasteiger partial charge in [0, 0.05) is 13.0 Å². The Balaban J connectivity index is 1.70. The van der Waals surface area contributed by atoms with Gasteiger partial charge in [-0.3, -0.25) is 14.4 Å². The molecule has 3 amide bonds. The van der Waals surface area contributed by atoms with Crippen molar-refractivity contribution in [3.05, 3.63) is 41.7 Å². The Kier molecular flexibility index (Phi) is 6.11. The predicted octanol–water partition coefficient (Wildman–Crippen LogP) is 0.529. The van der Waals surface area contributed by atoms with Crippen molar-refractivity contribution in [1.82, 2.24) is 30.5 Å². The number of hydrogen-bond donors (Lipinski definition) is 3. The van der Waals surface area contributed by atoms with E-state index >= 15 is 0 Å². The molecule has 3 atom stereocenters. The lowest BCUT2D eigenvalue weighted by atomic mass is 10.0. The minimum Gasteiger partial charge on any atom is -0.508 e.